The number of esters is 1. The van der Waals surface area contributed by atoms with E-state index in [0.29, 0.717) is 26.1 Å². The maximum Gasteiger partial charge on any atom is 0.311 e. The largest absolute Gasteiger partial charge is 0.465 e. The van der Waals surface area contributed by atoms with Gasteiger partial charge in [0.25, 0.3) is 0 Å². The molecule has 0 aromatic heterocycles. The lowest BCUT2D eigenvalue weighted by Gasteiger charge is -2.41. The van der Waals surface area contributed by atoms with E-state index in [0.717, 1.165) is 19.3 Å². The number of carbonyl (C=O) groups excluding carboxylic acids is 3. The molecule has 4 rings (SSSR count). The molecule has 0 radical (unpaired) electrons. The normalized spacial score (nSPS) is 36.9. The number of likely N-dealkylation sites (tertiary alicyclic amines) is 1. The molecule has 0 aromatic carbocycles. The van der Waals surface area contributed by atoms with Crippen LogP contribution in [0.3, 0.4) is 0 Å². The summed E-state index contributed by atoms with van der Waals surface area (Å²) in [5.74, 6) is -2.07. The van der Waals surface area contributed by atoms with Crippen molar-refractivity contribution in [1.29, 1.82) is 0 Å². The summed E-state index contributed by atoms with van der Waals surface area (Å²) in [6, 6.07) is -1.25. The van der Waals surface area contributed by atoms with Crippen LogP contribution in [0.25, 0.3) is 0 Å². The standard InChI is InChI=1S/C26H38N2O5S/c1-5-7-13-27-14-10-12-26-19(20-24(32)33-15-9-8-11-25(20,4)34-26)22(30)28(21(26)23(27)31)18(16-29)17(3)6-2/h8,10-12,17-21,29H,5-7,9,13-16H2,1-4H3/t17-,18-,19-,20-,21?,25+,26-/m0/s1. The minimum absolute atomic E-state index is 0.00881. The molecule has 1 spiro atoms. The van der Waals surface area contributed by atoms with E-state index in [1.54, 1.807) is 16.7 Å². The van der Waals surface area contributed by atoms with Crippen LogP contribution < -0.4 is 0 Å². The number of rotatable bonds is 7. The number of fused-ring (bicyclic) bond motifs is 2. The van der Waals surface area contributed by atoms with Crippen LogP contribution in [-0.2, 0) is 19.1 Å². The Bertz CT molecular complexity index is 890. The summed E-state index contributed by atoms with van der Waals surface area (Å²) in [7, 11) is 0. The number of hydrogen-bond donors (Lipinski definition) is 1. The third-order valence-electron chi connectivity index (χ3n) is 8.17. The molecule has 0 bridgehead atoms. The van der Waals surface area contributed by atoms with Gasteiger partial charge in [-0.05, 0) is 25.7 Å². The first-order chi connectivity index (χ1) is 16.3. The molecule has 2 amide bonds. The molecular weight excluding hydrogens is 452 g/mol. The molecule has 188 valence electrons. The highest BCUT2D eigenvalue weighted by Gasteiger charge is 2.74. The summed E-state index contributed by atoms with van der Waals surface area (Å²) in [5.41, 5.74) is 0. The number of amides is 2. The lowest BCUT2D eigenvalue weighted by molar-refractivity contribution is -0.155. The SMILES string of the molecule is CCCCN1CC=C[C@]23S[C@]4(C)C=CCCOC(=O)[C@@H]4[C@H]2C(=O)N([C@@H](CO)[C@@H](C)CC)C3C1=O. The maximum absolute atomic E-state index is 14.3. The Morgan fingerprint density at radius 1 is 1.18 bits per heavy atom. The van der Waals surface area contributed by atoms with E-state index < -0.39 is 33.4 Å². The van der Waals surface area contributed by atoms with Crippen molar-refractivity contribution in [2.75, 3.05) is 26.3 Å². The third-order valence-corrected chi connectivity index (χ3v) is 9.96. The van der Waals surface area contributed by atoms with Crippen LogP contribution in [0.2, 0.25) is 0 Å². The first-order valence-corrected chi connectivity index (χ1v) is 13.5. The zero-order valence-electron chi connectivity index (χ0n) is 20.7. The Morgan fingerprint density at radius 3 is 2.62 bits per heavy atom. The van der Waals surface area contributed by atoms with Gasteiger partial charge in [-0.2, -0.15) is 0 Å². The number of nitrogens with zero attached hydrogens (tertiary/aromatic N) is 2. The van der Waals surface area contributed by atoms with E-state index in [1.807, 2.05) is 50.0 Å². The molecule has 0 aromatic rings. The van der Waals surface area contributed by atoms with E-state index >= 15 is 0 Å². The summed E-state index contributed by atoms with van der Waals surface area (Å²) in [6.45, 7) is 9.29. The molecule has 0 aliphatic carbocycles. The molecule has 34 heavy (non-hydrogen) atoms. The fourth-order valence-corrected chi connectivity index (χ4v) is 8.34. The monoisotopic (exact) mass is 490 g/mol. The molecule has 0 saturated carbocycles. The first kappa shape index (κ1) is 25.3. The molecule has 7 nitrogen and oxygen atoms in total. The second-order valence-electron chi connectivity index (χ2n) is 10.3. The first-order valence-electron chi connectivity index (χ1n) is 12.7. The smallest absolute Gasteiger partial charge is 0.311 e. The van der Waals surface area contributed by atoms with Crippen molar-refractivity contribution < 1.29 is 24.2 Å². The van der Waals surface area contributed by atoms with Gasteiger partial charge in [-0.1, -0.05) is 57.9 Å². The second kappa shape index (κ2) is 9.69. The van der Waals surface area contributed by atoms with Crippen LogP contribution in [0.5, 0.6) is 0 Å². The van der Waals surface area contributed by atoms with Gasteiger partial charge in [-0.25, -0.2) is 0 Å². The number of unbranched alkanes of at least 4 members (excludes halogenated alkanes) is 1. The Balaban J connectivity index is 1.88. The predicted octanol–water partition coefficient (Wildman–Crippen LogP) is 2.78. The van der Waals surface area contributed by atoms with E-state index in [4.69, 9.17) is 4.74 Å². The average Bonchev–Trinajstić information content (AvgIpc) is 3.13. The summed E-state index contributed by atoms with van der Waals surface area (Å²) in [5, 5.41) is 10.4. The van der Waals surface area contributed by atoms with Crippen molar-refractivity contribution in [3.63, 3.8) is 0 Å². The number of thioether (sulfide) groups is 1. The van der Waals surface area contributed by atoms with E-state index in [9.17, 15) is 19.5 Å². The topological polar surface area (TPSA) is 87.2 Å². The van der Waals surface area contributed by atoms with Gasteiger partial charge >= 0.3 is 5.97 Å². The average molecular weight is 491 g/mol. The van der Waals surface area contributed by atoms with Crippen LogP contribution >= 0.6 is 11.8 Å². The van der Waals surface area contributed by atoms with Crippen molar-refractivity contribution >= 4 is 29.5 Å². The Labute approximate surface area is 206 Å². The van der Waals surface area contributed by atoms with Gasteiger partial charge in [0, 0.05) is 17.8 Å². The van der Waals surface area contributed by atoms with Crippen LogP contribution in [0.1, 0.15) is 53.4 Å². The van der Waals surface area contributed by atoms with Gasteiger partial charge in [0.2, 0.25) is 11.8 Å². The van der Waals surface area contributed by atoms with Crippen molar-refractivity contribution in [3.8, 4) is 0 Å². The molecule has 4 heterocycles. The maximum atomic E-state index is 14.3. The van der Waals surface area contributed by atoms with Gasteiger partial charge in [0.1, 0.15) is 6.04 Å². The lowest BCUT2D eigenvalue weighted by atomic mass is 9.74. The number of carbonyl (C=O) groups is 3. The Kier molecular flexibility index (Phi) is 7.21. The van der Waals surface area contributed by atoms with E-state index in [2.05, 4.69) is 6.92 Å². The number of cyclic esters (lactones) is 1. The molecule has 8 heteroatoms. The molecule has 2 saturated heterocycles. The van der Waals surface area contributed by atoms with Gasteiger partial charge < -0.3 is 19.6 Å². The van der Waals surface area contributed by atoms with Crippen molar-refractivity contribution in [2.24, 2.45) is 17.8 Å². The number of ether oxygens (including phenoxy) is 1. The molecule has 4 aliphatic heterocycles. The number of hydrogen-bond acceptors (Lipinski definition) is 6. The summed E-state index contributed by atoms with van der Waals surface area (Å²) >= 11 is 1.56. The summed E-state index contributed by atoms with van der Waals surface area (Å²) < 4.78 is 4.03. The number of aliphatic hydroxyl groups excluding tert-OH is 1. The van der Waals surface area contributed by atoms with Crippen LogP contribution in [0, 0.1) is 17.8 Å². The highest BCUT2D eigenvalue weighted by atomic mass is 32.2. The Hall–Kier alpha value is -1.80. The van der Waals surface area contributed by atoms with Gasteiger partial charge in [-0.3, -0.25) is 14.4 Å². The van der Waals surface area contributed by atoms with Crippen LogP contribution in [-0.4, -0.2) is 80.6 Å². The fraction of sp³-hybridized carbons (Fsp3) is 0.731. The van der Waals surface area contributed by atoms with Crippen molar-refractivity contribution in [2.45, 2.75) is 75.0 Å². The molecular formula is C26H38N2O5S. The van der Waals surface area contributed by atoms with Crippen LogP contribution in [0.4, 0.5) is 0 Å². The van der Waals surface area contributed by atoms with Gasteiger partial charge in [-0.15, -0.1) is 11.8 Å². The van der Waals surface area contributed by atoms with Crippen molar-refractivity contribution in [3.05, 3.63) is 24.3 Å². The minimum Gasteiger partial charge on any atom is -0.465 e. The van der Waals surface area contributed by atoms with Gasteiger partial charge in [0.05, 0.1) is 35.8 Å². The highest BCUT2D eigenvalue weighted by molar-refractivity contribution is 8.02. The zero-order valence-corrected chi connectivity index (χ0v) is 21.6. The highest BCUT2D eigenvalue weighted by Crippen LogP contribution is 2.65. The molecule has 7 atom stereocenters. The second-order valence-corrected chi connectivity index (χ2v) is 12.1. The molecule has 1 N–H and O–H groups in total. The molecule has 4 aliphatic rings. The van der Waals surface area contributed by atoms with E-state index in [1.165, 1.54) is 0 Å². The summed E-state index contributed by atoms with van der Waals surface area (Å²) in [6.07, 6.45) is 11.3. The molecule has 1 unspecified atom stereocenters. The quantitative estimate of drug-likeness (QED) is 0.436. The van der Waals surface area contributed by atoms with Crippen LogP contribution in [0.15, 0.2) is 24.3 Å². The lowest BCUT2D eigenvalue weighted by Crippen LogP contribution is -2.58. The number of aliphatic hydroxyl groups is 1. The Morgan fingerprint density at radius 2 is 1.94 bits per heavy atom. The van der Waals surface area contributed by atoms with Crippen molar-refractivity contribution in [1.82, 2.24) is 9.80 Å². The third kappa shape index (κ3) is 3.81. The predicted molar refractivity (Wildman–Crippen MR) is 132 cm³/mol. The van der Waals surface area contributed by atoms with Gasteiger partial charge in [0.15, 0.2) is 0 Å². The summed E-state index contributed by atoms with van der Waals surface area (Å²) in [4.78, 5) is 45.2. The van der Waals surface area contributed by atoms with E-state index in [-0.39, 0.29) is 30.3 Å². The fourth-order valence-electron chi connectivity index (χ4n) is 6.20. The molecule has 2 fully saturated rings. The minimum atomic E-state index is -0.886. The zero-order chi connectivity index (χ0) is 24.7.